The van der Waals surface area contributed by atoms with Gasteiger partial charge in [-0.3, -0.25) is 4.79 Å². The number of halogens is 1. The van der Waals surface area contributed by atoms with E-state index in [2.05, 4.69) is 26.2 Å². The van der Waals surface area contributed by atoms with Gasteiger partial charge in [-0.25, -0.2) is 4.98 Å². The molecule has 0 spiro atoms. The molecular formula is C15H13BrN4O2. The van der Waals surface area contributed by atoms with Crippen molar-refractivity contribution in [2.24, 2.45) is 5.73 Å². The average molecular weight is 361 g/mol. The molecule has 112 valence electrons. The van der Waals surface area contributed by atoms with Crippen molar-refractivity contribution >= 4 is 33.2 Å². The van der Waals surface area contributed by atoms with Crippen LogP contribution in [0.2, 0.25) is 0 Å². The second-order valence-corrected chi connectivity index (χ2v) is 5.66. The van der Waals surface area contributed by atoms with Gasteiger partial charge in [-0.15, -0.1) is 0 Å². The fourth-order valence-electron chi connectivity index (χ4n) is 2.06. The molecule has 0 aliphatic heterocycles. The number of nitrogens with two attached hydrogens (primary N) is 1. The number of hydrogen-bond donors (Lipinski definition) is 3. The Morgan fingerprint density at radius 2 is 2.14 bits per heavy atom. The van der Waals surface area contributed by atoms with Crippen LogP contribution in [0.4, 0.5) is 5.69 Å². The van der Waals surface area contributed by atoms with Gasteiger partial charge in [0.2, 0.25) is 0 Å². The van der Waals surface area contributed by atoms with Crippen molar-refractivity contribution in [3.05, 3.63) is 58.5 Å². The number of amides is 1. The molecule has 0 fully saturated rings. The lowest BCUT2D eigenvalue weighted by Crippen LogP contribution is -2.12. The molecular weight excluding hydrogens is 348 g/mol. The van der Waals surface area contributed by atoms with E-state index in [1.165, 1.54) is 6.07 Å². The second-order valence-electron chi connectivity index (χ2n) is 4.75. The van der Waals surface area contributed by atoms with Crippen molar-refractivity contribution in [2.75, 3.05) is 5.32 Å². The number of pyridine rings is 1. The summed E-state index contributed by atoms with van der Waals surface area (Å²) in [5.74, 6) is -0.410. The molecule has 3 aromatic rings. The summed E-state index contributed by atoms with van der Waals surface area (Å²) in [6.07, 6.45) is 3.45. The van der Waals surface area contributed by atoms with Gasteiger partial charge in [0.15, 0.2) is 0 Å². The highest BCUT2D eigenvalue weighted by molar-refractivity contribution is 9.10. The highest BCUT2D eigenvalue weighted by atomic mass is 79.9. The van der Waals surface area contributed by atoms with Gasteiger partial charge in [0.25, 0.3) is 5.91 Å². The van der Waals surface area contributed by atoms with Crippen LogP contribution in [-0.2, 0) is 6.54 Å². The normalized spacial score (nSPS) is 10.8. The van der Waals surface area contributed by atoms with Crippen LogP contribution in [0.25, 0.3) is 5.65 Å². The second kappa shape index (κ2) is 5.78. The number of aromatic hydroxyl groups is 1. The van der Waals surface area contributed by atoms with Crippen LogP contribution in [0.1, 0.15) is 16.1 Å². The number of nitrogens with zero attached hydrogens (tertiary/aromatic N) is 2. The number of carbonyl (C=O) groups excluding carboxylic acids is 1. The van der Waals surface area contributed by atoms with Crippen molar-refractivity contribution in [3.8, 4) is 5.75 Å². The first-order valence-electron chi connectivity index (χ1n) is 6.54. The monoisotopic (exact) mass is 360 g/mol. The lowest BCUT2D eigenvalue weighted by atomic mass is 10.3. The Kier molecular flexibility index (Phi) is 3.82. The first kappa shape index (κ1) is 14.6. The summed E-state index contributed by atoms with van der Waals surface area (Å²) in [5, 5.41) is 12.4. The number of phenolic OH excluding ortho intramolecular Hbond substituents is 1. The minimum Gasteiger partial charge on any atom is -0.506 e. The molecule has 0 bridgehead atoms. The van der Waals surface area contributed by atoms with E-state index < -0.39 is 5.91 Å². The smallest absolute Gasteiger partial charge is 0.275 e. The molecule has 0 saturated heterocycles. The topological polar surface area (TPSA) is 92.6 Å². The number of carbonyl (C=O) groups is 1. The standard InChI is InChI=1S/C15H13BrN4O2/c16-10-2-3-11(13(21)5-10)19-15(22)12-8-20-7-9(6-17)1-4-14(20)18-12/h1-5,7-8,21H,6,17H2,(H,19,22). The molecule has 4 N–H and O–H groups in total. The summed E-state index contributed by atoms with van der Waals surface area (Å²) in [6.45, 7) is 0.419. The Balaban J connectivity index is 1.88. The number of nitrogens with one attached hydrogen (secondary N) is 1. The number of rotatable bonds is 3. The van der Waals surface area contributed by atoms with E-state index >= 15 is 0 Å². The molecule has 0 radical (unpaired) electrons. The maximum absolute atomic E-state index is 12.2. The summed E-state index contributed by atoms with van der Waals surface area (Å²) >= 11 is 3.25. The Bertz CT molecular complexity index is 860. The molecule has 2 heterocycles. The first-order chi connectivity index (χ1) is 10.6. The third-order valence-corrected chi connectivity index (χ3v) is 3.68. The van der Waals surface area contributed by atoms with Crippen LogP contribution in [0.5, 0.6) is 5.75 Å². The SMILES string of the molecule is NCc1ccc2nc(C(=O)Nc3ccc(Br)cc3O)cn2c1. The number of imidazole rings is 1. The number of fused-ring (bicyclic) bond motifs is 1. The number of phenols is 1. The van der Waals surface area contributed by atoms with E-state index in [-0.39, 0.29) is 11.4 Å². The molecule has 0 aliphatic rings. The molecule has 2 aromatic heterocycles. The van der Waals surface area contributed by atoms with Crippen LogP contribution in [0.15, 0.2) is 47.2 Å². The van der Waals surface area contributed by atoms with Gasteiger partial charge in [0.1, 0.15) is 17.1 Å². The van der Waals surface area contributed by atoms with Gasteiger partial charge in [-0.05, 0) is 29.8 Å². The van der Waals surface area contributed by atoms with E-state index in [9.17, 15) is 9.90 Å². The Morgan fingerprint density at radius 3 is 2.86 bits per heavy atom. The van der Waals surface area contributed by atoms with Crippen LogP contribution in [0, 0.1) is 0 Å². The summed E-state index contributed by atoms with van der Waals surface area (Å²) in [7, 11) is 0. The fourth-order valence-corrected chi connectivity index (χ4v) is 2.41. The van der Waals surface area contributed by atoms with E-state index in [0.717, 1.165) is 10.0 Å². The molecule has 7 heteroatoms. The summed E-state index contributed by atoms with van der Waals surface area (Å²) < 4.78 is 2.48. The highest BCUT2D eigenvalue weighted by Gasteiger charge is 2.13. The lowest BCUT2D eigenvalue weighted by molar-refractivity contribution is 0.102. The molecule has 22 heavy (non-hydrogen) atoms. The zero-order valence-corrected chi connectivity index (χ0v) is 13.0. The predicted molar refractivity (Wildman–Crippen MR) is 86.8 cm³/mol. The Labute approximate surface area is 134 Å². The number of anilines is 1. The van der Waals surface area contributed by atoms with E-state index in [1.807, 2.05) is 12.3 Å². The summed E-state index contributed by atoms with van der Waals surface area (Å²) in [6, 6.07) is 8.51. The highest BCUT2D eigenvalue weighted by Crippen LogP contribution is 2.27. The fraction of sp³-hybridized carbons (Fsp3) is 0.0667. The van der Waals surface area contributed by atoms with E-state index in [0.29, 0.717) is 17.9 Å². The van der Waals surface area contributed by atoms with E-state index in [1.54, 1.807) is 28.8 Å². The minimum atomic E-state index is -0.393. The molecule has 0 saturated carbocycles. The first-order valence-corrected chi connectivity index (χ1v) is 7.33. The average Bonchev–Trinajstić information content (AvgIpc) is 2.93. The van der Waals surface area contributed by atoms with Gasteiger partial charge < -0.3 is 20.6 Å². The van der Waals surface area contributed by atoms with Crippen LogP contribution < -0.4 is 11.1 Å². The molecule has 0 aliphatic carbocycles. The zero-order valence-electron chi connectivity index (χ0n) is 11.5. The van der Waals surface area contributed by atoms with Gasteiger partial charge in [0, 0.05) is 23.4 Å². The number of benzene rings is 1. The molecule has 0 atom stereocenters. The van der Waals surface area contributed by atoms with Crippen molar-refractivity contribution < 1.29 is 9.90 Å². The summed E-state index contributed by atoms with van der Waals surface area (Å²) in [5.41, 5.74) is 7.78. The molecule has 3 rings (SSSR count). The Hall–Kier alpha value is -2.38. The summed E-state index contributed by atoms with van der Waals surface area (Å²) in [4.78, 5) is 16.5. The predicted octanol–water partition coefficient (Wildman–Crippen LogP) is 2.51. The van der Waals surface area contributed by atoms with Gasteiger partial charge >= 0.3 is 0 Å². The maximum Gasteiger partial charge on any atom is 0.275 e. The van der Waals surface area contributed by atoms with Crippen molar-refractivity contribution in [1.82, 2.24) is 9.38 Å². The molecule has 6 nitrogen and oxygen atoms in total. The lowest BCUT2D eigenvalue weighted by Gasteiger charge is -2.05. The van der Waals surface area contributed by atoms with Crippen molar-refractivity contribution in [2.45, 2.75) is 6.54 Å². The maximum atomic E-state index is 12.2. The third-order valence-electron chi connectivity index (χ3n) is 3.19. The Morgan fingerprint density at radius 1 is 1.32 bits per heavy atom. The number of hydrogen-bond acceptors (Lipinski definition) is 4. The van der Waals surface area contributed by atoms with Crippen LogP contribution in [0.3, 0.4) is 0 Å². The van der Waals surface area contributed by atoms with Crippen LogP contribution in [-0.4, -0.2) is 20.4 Å². The van der Waals surface area contributed by atoms with E-state index in [4.69, 9.17) is 5.73 Å². The quantitative estimate of drug-likeness (QED) is 0.625. The third kappa shape index (κ3) is 2.81. The minimum absolute atomic E-state index is 0.0168. The number of aromatic nitrogens is 2. The molecule has 1 aromatic carbocycles. The zero-order chi connectivity index (χ0) is 15.7. The molecule has 0 unspecified atom stereocenters. The van der Waals surface area contributed by atoms with Crippen LogP contribution >= 0.6 is 15.9 Å². The van der Waals surface area contributed by atoms with Crippen molar-refractivity contribution in [1.29, 1.82) is 0 Å². The van der Waals surface area contributed by atoms with Gasteiger partial charge in [-0.2, -0.15) is 0 Å². The molecule has 1 amide bonds. The van der Waals surface area contributed by atoms with Gasteiger partial charge in [0.05, 0.1) is 5.69 Å². The van der Waals surface area contributed by atoms with Crippen molar-refractivity contribution in [3.63, 3.8) is 0 Å². The largest absolute Gasteiger partial charge is 0.506 e. The van der Waals surface area contributed by atoms with Gasteiger partial charge in [-0.1, -0.05) is 22.0 Å².